The van der Waals surface area contributed by atoms with E-state index in [0.29, 0.717) is 26.1 Å². The Morgan fingerprint density at radius 1 is 1.41 bits per heavy atom. The Morgan fingerprint density at radius 2 is 2.18 bits per heavy atom. The van der Waals surface area contributed by atoms with Gasteiger partial charge in [0.15, 0.2) is 0 Å². The number of phenols is 1. The SMILES string of the molecule is NCCNCc1cc(CCC(=O)O)ccc1O. The van der Waals surface area contributed by atoms with Gasteiger partial charge in [-0.05, 0) is 18.1 Å². The van der Waals surface area contributed by atoms with Gasteiger partial charge in [-0.3, -0.25) is 4.79 Å². The molecule has 0 spiro atoms. The minimum atomic E-state index is -0.819. The number of rotatable bonds is 7. The molecule has 17 heavy (non-hydrogen) atoms. The highest BCUT2D eigenvalue weighted by atomic mass is 16.4. The molecule has 0 unspecified atom stereocenters. The molecule has 0 saturated carbocycles. The predicted octanol–water partition coefficient (Wildman–Crippen LogP) is 0.458. The number of hydrogen-bond acceptors (Lipinski definition) is 4. The van der Waals surface area contributed by atoms with Gasteiger partial charge in [-0.1, -0.05) is 12.1 Å². The lowest BCUT2D eigenvalue weighted by Crippen LogP contribution is -2.21. The van der Waals surface area contributed by atoms with Gasteiger partial charge in [0.2, 0.25) is 0 Å². The minimum absolute atomic E-state index is 0.0977. The second kappa shape index (κ2) is 6.88. The average Bonchev–Trinajstić information content (AvgIpc) is 2.30. The molecule has 0 aliphatic rings. The Labute approximate surface area is 100 Å². The van der Waals surface area contributed by atoms with Crippen molar-refractivity contribution in [1.29, 1.82) is 0 Å². The first-order valence-corrected chi connectivity index (χ1v) is 5.57. The summed E-state index contributed by atoms with van der Waals surface area (Å²) in [7, 11) is 0. The van der Waals surface area contributed by atoms with Gasteiger partial charge in [-0.15, -0.1) is 0 Å². The van der Waals surface area contributed by atoms with E-state index in [-0.39, 0.29) is 12.2 Å². The summed E-state index contributed by atoms with van der Waals surface area (Å²) in [5.74, 6) is -0.602. The van der Waals surface area contributed by atoms with Crippen molar-refractivity contribution >= 4 is 5.97 Å². The lowest BCUT2D eigenvalue weighted by Gasteiger charge is -2.08. The van der Waals surface area contributed by atoms with Gasteiger partial charge in [0.25, 0.3) is 0 Å². The van der Waals surface area contributed by atoms with E-state index >= 15 is 0 Å². The molecule has 5 N–H and O–H groups in total. The average molecular weight is 238 g/mol. The van der Waals surface area contributed by atoms with Crippen LogP contribution in [0.4, 0.5) is 0 Å². The van der Waals surface area contributed by atoms with E-state index in [1.54, 1.807) is 12.1 Å². The highest BCUT2D eigenvalue weighted by molar-refractivity contribution is 5.67. The smallest absolute Gasteiger partial charge is 0.303 e. The monoisotopic (exact) mass is 238 g/mol. The summed E-state index contributed by atoms with van der Waals surface area (Å²) in [5, 5.41) is 21.3. The van der Waals surface area contributed by atoms with E-state index in [1.165, 1.54) is 0 Å². The molecule has 5 nitrogen and oxygen atoms in total. The van der Waals surface area contributed by atoms with Crippen molar-refractivity contribution in [3.63, 3.8) is 0 Å². The lowest BCUT2D eigenvalue weighted by atomic mass is 10.1. The fourth-order valence-electron chi connectivity index (χ4n) is 1.51. The number of benzene rings is 1. The molecule has 1 aromatic carbocycles. The van der Waals surface area contributed by atoms with Gasteiger partial charge < -0.3 is 21.3 Å². The summed E-state index contributed by atoms with van der Waals surface area (Å²) >= 11 is 0. The van der Waals surface area contributed by atoms with Crippen LogP contribution in [-0.4, -0.2) is 29.3 Å². The van der Waals surface area contributed by atoms with Crippen LogP contribution in [0.3, 0.4) is 0 Å². The van der Waals surface area contributed by atoms with Crippen LogP contribution < -0.4 is 11.1 Å². The number of hydrogen-bond donors (Lipinski definition) is 4. The van der Waals surface area contributed by atoms with Crippen LogP contribution in [0.15, 0.2) is 18.2 Å². The zero-order valence-corrected chi connectivity index (χ0v) is 9.65. The first-order chi connectivity index (χ1) is 8.13. The number of carboxylic acids is 1. The fraction of sp³-hybridized carbons (Fsp3) is 0.417. The Hall–Kier alpha value is -1.59. The van der Waals surface area contributed by atoms with Crippen LogP contribution in [0.1, 0.15) is 17.5 Å². The first kappa shape index (κ1) is 13.5. The van der Waals surface area contributed by atoms with Crippen LogP contribution in [0.5, 0.6) is 5.75 Å². The molecule has 94 valence electrons. The topological polar surface area (TPSA) is 95.6 Å². The third-order valence-corrected chi connectivity index (χ3v) is 2.41. The molecular weight excluding hydrogens is 220 g/mol. The number of aromatic hydroxyl groups is 1. The molecule has 0 aromatic heterocycles. The molecule has 0 atom stereocenters. The van der Waals surface area contributed by atoms with Crippen molar-refractivity contribution in [2.45, 2.75) is 19.4 Å². The third kappa shape index (κ3) is 4.84. The fourth-order valence-corrected chi connectivity index (χ4v) is 1.51. The maximum absolute atomic E-state index is 10.5. The van der Waals surface area contributed by atoms with Crippen molar-refractivity contribution in [2.75, 3.05) is 13.1 Å². The molecule has 1 rings (SSSR count). The van der Waals surface area contributed by atoms with Crippen molar-refractivity contribution in [2.24, 2.45) is 5.73 Å². The molecule has 0 heterocycles. The zero-order chi connectivity index (χ0) is 12.7. The van der Waals surface area contributed by atoms with Crippen LogP contribution >= 0.6 is 0 Å². The van der Waals surface area contributed by atoms with E-state index in [9.17, 15) is 9.90 Å². The summed E-state index contributed by atoms with van der Waals surface area (Å²) in [6.07, 6.45) is 0.569. The van der Waals surface area contributed by atoms with Crippen LogP contribution in [0.2, 0.25) is 0 Å². The van der Waals surface area contributed by atoms with Crippen molar-refractivity contribution in [1.82, 2.24) is 5.32 Å². The number of nitrogens with two attached hydrogens (primary N) is 1. The van der Waals surface area contributed by atoms with E-state index in [2.05, 4.69) is 5.32 Å². The zero-order valence-electron chi connectivity index (χ0n) is 9.65. The van der Waals surface area contributed by atoms with Crippen molar-refractivity contribution in [3.05, 3.63) is 29.3 Å². The van der Waals surface area contributed by atoms with Gasteiger partial charge in [0.05, 0.1) is 0 Å². The van der Waals surface area contributed by atoms with Crippen molar-refractivity contribution in [3.8, 4) is 5.75 Å². The number of phenolic OH excluding ortho intramolecular Hbond substituents is 1. The van der Waals surface area contributed by atoms with Gasteiger partial charge in [0, 0.05) is 31.6 Å². The predicted molar refractivity (Wildman–Crippen MR) is 64.8 cm³/mol. The summed E-state index contributed by atoms with van der Waals surface area (Å²) in [4.78, 5) is 10.5. The van der Waals surface area contributed by atoms with E-state index in [1.807, 2.05) is 6.07 Å². The van der Waals surface area contributed by atoms with E-state index < -0.39 is 5.97 Å². The molecule has 0 radical (unpaired) electrons. The molecular formula is C12H18N2O3. The summed E-state index contributed by atoms with van der Waals surface area (Å²) < 4.78 is 0. The molecule has 1 aromatic rings. The molecule has 0 aliphatic carbocycles. The second-order valence-electron chi connectivity index (χ2n) is 3.82. The Kier molecular flexibility index (Phi) is 5.45. The summed E-state index contributed by atoms with van der Waals surface area (Å²) in [6.45, 7) is 1.75. The quantitative estimate of drug-likeness (QED) is 0.517. The standard InChI is InChI=1S/C12H18N2O3/c13-5-6-14-8-10-7-9(1-3-11(10)15)2-4-12(16)17/h1,3,7,14-15H,2,4-6,8,13H2,(H,16,17). The Balaban J connectivity index is 2.62. The van der Waals surface area contributed by atoms with Crippen LogP contribution in [0.25, 0.3) is 0 Å². The van der Waals surface area contributed by atoms with Crippen LogP contribution in [-0.2, 0) is 17.8 Å². The second-order valence-corrected chi connectivity index (χ2v) is 3.82. The van der Waals surface area contributed by atoms with E-state index in [0.717, 1.165) is 11.1 Å². The number of carbonyl (C=O) groups is 1. The van der Waals surface area contributed by atoms with Crippen LogP contribution in [0, 0.1) is 0 Å². The maximum atomic E-state index is 10.5. The molecule has 0 aliphatic heterocycles. The van der Waals surface area contributed by atoms with Gasteiger partial charge in [0.1, 0.15) is 5.75 Å². The number of aryl methyl sites for hydroxylation is 1. The number of nitrogens with one attached hydrogen (secondary N) is 1. The molecule has 0 amide bonds. The number of carboxylic acid groups (broad SMARTS) is 1. The molecule has 0 fully saturated rings. The van der Waals surface area contributed by atoms with Crippen molar-refractivity contribution < 1.29 is 15.0 Å². The lowest BCUT2D eigenvalue weighted by molar-refractivity contribution is -0.136. The molecule has 0 bridgehead atoms. The normalized spacial score (nSPS) is 10.4. The summed E-state index contributed by atoms with van der Waals surface area (Å²) in [6, 6.07) is 5.16. The molecule has 0 saturated heterocycles. The van der Waals surface area contributed by atoms with E-state index in [4.69, 9.17) is 10.8 Å². The van der Waals surface area contributed by atoms with Gasteiger partial charge >= 0.3 is 5.97 Å². The Bertz CT molecular complexity index is 380. The molecule has 5 heteroatoms. The van der Waals surface area contributed by atoms with Gasteiger partial charge in [-0.25, -0.2) is 0 Å². The highest BCUT2D eigenvalue weighted by Crippen LogP contribution is 2.19. The first-order valence-electron chi connectivity index (χ1n) is 5.57. The van der Waals surface area contributed by atoms with Gasteiger partial charge in [-0.2, -0.15) is 0 Å². The largest absolute Gasteiger partial charge is 0.508 e. The third-order valence-electron chi connectivity index (χ3n) is 2.41. The highest BCUT2D eigenvalue weighted by Gasteiger charge is 2.04. The number of aliphatic carboxylic acids is 1. The Morgan fingerprint density at radius 3 is 2.82 bits per heavy atom. The summed E-state index contributed by atoms with van der Waals surface area (Å²) in [5.41, 5.74) is 7.03. The minimum Gasteiger partial charge on any atom is -0.508 e. The maximum Gasteiger partial charge on any atom is 0.303 e.